The molecule has 2 aliphatic rings. The van der Waals surface area contributed by atoms with E-state index in [2.05, 4.69) is 0 Å². The van der Waals surface area contributed by atoms with Crippen molar-refractivity contribution in [2.24, 2.45) is 0 Å². The van der Waals surface area contributed by atoms with Gasteiger partial charge in [0.1, 0.15) is 17.7 Å². The summed E-state index contributed by atoms with van der Waals surface area (Å²) in [4.78, 5) is 11.6. The van der Waals surface area contributed by atoms with E-state index in [1.165, 1.54) is 25.1 Å². The molecule has 2 aliphatic heterocycles. The first-order valence-corrected chi connectivity index (χ1v) is 7.27. The molecule has 0 aromatic heterocycles. The molecule has 4 nitrogen and oxygen atoms in total. The second-order valence-electron chi connectivity index (χ2n) is 5.76. The Morgan fingerprint density at radius 3 is 3.00 bits per heavy atom. The Bertz CT molecular complexity index is 537. The second-order valence-corrected chi connectivity index (χ2v) is 5.76. The number of benzene rings is 1. The second kappa shape index (κ2) is 5.73. The van der Waals surface area contributed by atoms with Crippen LogP contribution in [0.4, 0.5) is 4.39 Å². The van der Waals surface area contributed by atoms with Gasteiger partial charge in [-0.3, -0.25) is 4.79 Å². The van der Waals surface area contributed by atoms with Gasteiger partial charge in [0.25, 0.3) is 0 Å². The van der Waals surface area contributed by atoms with Crippen LogP contribution in [0.1, 0.15) is 36.5 Å². The molecule has 21 heavy (non-hydrogen) atoms. The lowest BCUT2D eigenvalue weighted by molar-refractivity contribution is -0.112. The van der Waals surface area contributed by atoms with Crippen molar-refractivity contribution < 1.29 is 23.4 Å². The first-order chi connectivity index (χ1) is 10.1. The van der Waals surface area contributed by atoms with E-state index in [9.17, 15) is 9.18 Å². The minimum atomic E-state index is -0.402. The average Bonchev–Trinajstić information content (AvgIpc) is 2.86. The van der Waals surface area contributed by atoms with Crippen LogP contribution in [0.15, 0.2) is 18.2 Å². The summed E-state index contributed by atoms with van der Waals surface area (Å²) in [6, 6.07) is 4.03. The van der Waals surface area contributed by atoms with E-state index in [-0.39, 0.29) is 17.5 Å². The van der Waals surface area contributed by atoms with Crippen molar-refractivity contribution in [3.63, 3.8) is 0 Å². The normalized spacial score (nSPS) is 28.8. The third-order valence-corrected chi connectivity index (χ3v) is 4.13. The average molecular weight is 294 g/mol. The van der Waals surface area contributed by atoms with Gasteiger partial charge in [-0.05, 0) is 19.1 Å². The van der Waals surface area contributed by atoms with Crippen LogP contribution >= 0.6 is 0 Å². The van der Waals surface area contributed by atoms with Crippen molar-refractivity contribution in [3.05, 3.63) is 29.6 Å². The summed E-state index contributed by atoms with van der Waals surface area (Å²) in [6.45, 7) is 3.33. The lowest BCUT2D eigenvalue weighted by atomic mass is 9.91. The summed E-state index contributed by atoms with van der Waals surface area (Å²) in [7, 11) is 0. The number of Topliss-reactive ketones (excluding diaryl/α,β-unsaturated/α-hetero) is 1. The van der Waals surface area contributed by atoms with Crippen molar-refractivity contribution in [1.82, 2.24) is 0 Å². The number of hydrogen-bond acceptors (Lipinski definition) is 4. The topological polar surface area (TPSA) is 44.8 Å². The van der Waals surface area contributed by atoms with E-state index < -0.39 is 5.82 Å². The maximum Gasteiger partial charge on any atom is 0.163 e. The monoisotopic (exact) mass is 294 g/mol. The maximum absolute atomic E-state index is 13.4. The molecule has 2 unspecified atom stereocenters. The zero-order valence-corrected chi connectivity index (χ0v) is 12.1. The third kappa shape index (κ3) is 3.09. The van der Waals surface area contributed by atoms with E-state index in [1.54, 1.807) is 0 Å². The van der Waals surface area contributed by atoms with Gasteiger partial charge in [0.2, 0.25) is 0 Å². The van der Waals surface area contributed by atoms with Crippen molar-refractivity contribution in [3.8, 4) is 5.75 Å². The number of halogens is 1. The standard InChI is InChI=1S/C16H19FO4/c1-11(18)14-3-2-12(17)8-15(14)21-13-4-6-20-16(9-13)5-7-19-10-16/h2-3,8,13H,4-7,9-10H2,1H3. The number of hydrogen-bond donors (Lipinski definition) is 0. The summed E-state index contributed by atoms with van der Waals surface area (Å²) < 4.78 is 30.6. The Balaban J connectivity index is 1.77. The molecule has 2 heterocycles. The van der Waals surface area contributed by atoms with E-state index in [0.29, 0.717) is 37.6 Å². The fourth-order valence-corrected chi connectivity index (χ4v) is 3.01. The number of rotatable bonds is 3. The Morgan fingerprint density at radius 2 is 2.29 bits per heavy atom. The number of carbonyl (C=O) groups excluding carboxylic acids is 1. The predicted molar refractivity (Wildman–Crippen MR) is 74.2 cm³/mol. The molecule has 2 fully saturated rings. The molecule has 0 radical (unpaired) electrons. The van der Waals surface area contributed by atoms with Gasteiger partial charge in [-0.25, -0.2) is 4.39 Å². The van der Waals surface area contributed by atoms with Gasteiger partial charge in [-0.1, -0.05) is 0 Å². The van der Waals surface area contributed by atoms with Crippen LogP contribution < -0.4 is 4.74 Å². The Labute approximate surface area is 123 Å². The van der Waals surface area contributed by atoms with Crippen LogP contribution in [0, 0.1) is 5.82 Å². The lowest BCUT2D eigenvalue weighted by Gasteiger charge is -2.37. The van der Waals surface area contributed by atoms with Crippen LogP contribution in [0.25, 0.3) is 0 Å². The Hall–Kier alpha value is -1.46. The van der Waals surface area contributed by atoms with E-state index in [4.69, 9.17) is 14.2 Å². The van der Waals surface area contributed by atoms with Gasteiger partial charge in [0.05, 0.1) is 24.4 Å². The summed E-state index contributed by atoms with van der Waals surface area (Å²) in [5.74, 6) is -0.208. The summed E-state index contributed by atoms with van der Waals surface area (Å²) >= 11 is 0. The van der Waals surface area contributed by atoms with E-state index in [0.717, 1.165) is 12.8 Å². The quantitative estimate of drug-likeness (QED) is 0.804. The highest BCUT2D eigenvalue weighted by Gasteiger charge is 2.42. The molecular formula is C16H19FO4. The maximum atomic E-state index is 13.4. The molecule has 0 saturated carbocycles. The molecule has 114 valence electrons. The largest absolute Gasteiger partial charge is 0.489 e. The van der Waals surface area contributed by atoms with Crippen molar-refractivity contribution in [2.45, 2.75) is 37.9 Å². The SMILES string of the molecule is CC(=O)c1ccc(F)cc1OC1CCOC2(CCOC2)C1. The van der Waals surface area contributed by atoms with Gasteiger partial charge in [0.15, 0.2) is 5.78 Å². The predicted octanol–water partition coefficient (Wildman–Crippen LogP) is 2.75. The van der Waals surface area contributed by atoms with Crippen LogP contribution in [0.2, 0.25) is 0 Å². The fourth-order valence-electron chi connectivity index (χ4n) is 3.01. The molecular weight excluding hydrogens is 275 g/mol. The summed E-state index contributed by atoms with van der Waals surface area (Å²) in [5.41, 5.74) is 0.145. The highest BCUT2D eigenvalue weighted by atomic mass is 19.1. The molecule has 0 bridgehead atoms. The summed E-state index contributed by atoms with van der Waals surface area (Å²) in [5, 5.41) is 0. The minimum Gasteiger partial charge on any atom is -0.489 e. The minimum absolute atomic E-state index is 0.0830. The Kier molecular flexibility index (Phi) is 3.95. The number of carbonyl (C=O) groups is 1. The van der Waals surface area contributed by atoms with Gasteiger partial charge >= 0.3 is 0 Å². The molecule has 0 amide bonds. The molecule has 5 heteroatoms. The number of ketones is 1. The number of ether oxygens (including phenoxy) is 3. The van der Waals surface area contributed by atoms with Crippen LogP contribution in [0.3, 0.4) is 0 Å². The first-order valence-electron chi connectivity index (χ1n) is 7.27. The highest BCUT2D eigenvalue weighted by Crippen LogP contribution is 2.35. The first kappa shape index (κ1) is 14.5. The zero-order chi connectivity index (χ0) is 14.9. The molecule has 1 aromatic carbocycles. The highest BCUT2D eigenvalue weighted by molar-refractivity contribution is 5.96. The molecule has 0 N–H and O–H groups in total. The van der Waals surface area contributed by atoms with Crippen molar-refractivity contribution in [2.75, 3.05) is 19.8 Å². The van der Waals surface area contributed by atoms with Crippen LogP contribution in [-0.2, 0) is 9.47 Å². The van der Waals surface area contributed by atoms with Crippen molar-refractivity contribution >= 4 is 5.78 Å². The lowest BCUT2D eigenvalue weighted by Crippen LogP contribution is -2.44. The van der Waals surface area contributed by atoms with E-state index in [1.807, 2.05) is 0 Å². The van der Waals surface area contributed by atoms with Gasteiger partial charge in [0, 0.05) is 31.9 Å². The molecule has 2 saturated heterocycles. The van der Waals surface area contributed by atoms with Crippen molar-refractivity contribution in [1.29, 1.82) is 0 Å². The molecule has 1 aromatic rings. The van der Waals surface area contributed by atoms with Gasteiger partial charge in [-0.15, -0.1) is 0 Å². The van der Waals surface area contributed by atoms with Crippen LogP contribution in [-0.4, -0.2) is 37.3 Å². The molecule has 2 atom stereocenters. The fraction of sp³-hybridized carbons (Fsp3) is 0.562. The summed E-state index contributed by atoms with van der Waals surface area (Å²) in [6.07, 6.45) is 2.21. The van der Waals surface area contributed by atoms with Gasteiger partial charge in [-0.2, -0.15) is 0 Å². The zero-order valence-electron chi connectivity index (χ0n) is 12.1. The van der Waals surface area contributed by atoms with Crippen LogP contribution in [0.5, 0.6) is 5.75 Å². The molecule has 0 aliphatic carbocycles. The molecule has 1 spiro atoms. The van der Waals surface area contributed by atoms with E-state index >= 15 is 0 Å². The Morgan fingerprint density at radius 1 is 1.43 bits per heavy atom. The third-order valence-electron chi connectivity index (χ3n) is 4.13. The molecule has 3 rings (SSSR count). The van der Waals surface area contributed by atoms with Gasteiger partial charge < -0.3 is 14.2 Å². The smallest absolute Gasteiger partial charge is 0.163 e.